The molecule has 2 saturated heterocycles. The van der Waals surface area contributed by atoms with Crippen LogP contribution in [0.15, 0.2) is 24.3 Å². The number of hydrogen-bond donors (Lipinski definition) is 1. The van der Waals surface area contributed by atoms with E-state index in [0.717, 1.165) is 58.8 Å². The Labute approximate surface area is 159 Å². The van der Waals surface area contributed by atoms with Crippen LogP contribution in [0.1, 0.15) is 39.7 Å². The predicted octanol–water partition coefficient (Wildman–Crippen LogP) is 3.06. The van der Waals surface area contributed by atoms with E-state index in [2.05, 4.69) is 66.7 Å². The van der Waals surface area contributed by atoms with Crippen molar-refractivity contribution in [1.82, 2.24) is 9.80 Å². The van der Waals surface area contributed by atoms with E-state index in [-0.39, 0.29) is 11.5 Å². The van der Waals surface area contributed by atoms with Gasteiger partial charge in [-0.1, -0.05) is 45.9 Å². The van der Waals surface area contributed by atoms with Gasteiger partial charge >= 0.3 is 0 Å². The molecule has 0 unspecified atom stereocenters. The largest absolute Gasteiger partial charge is 0.391 e. The van der Waals surface area contributed by atoms with Crippen LogP contribution in [0.2, 0.25) is 0 Å². The molecule has 4 nitrogen and oxygen atoms in total. The molecule has 0 aromatic heterocycles. The zero-order chi connectivity index (χ0) is 18.7. The Balaban J connectivity index is 1.64. The lowest BCUT2D eigenvalue weighted by Gasteiger charge is -2.43. The molecule has 0 amide bonds. The zero-order valence-electron chi connectivity index (χ0n) is 17.1. The highest BCUT2D eigenvalue weighted by atomic mass is 16.3. The molecule has 26 heavy (non-hydrogen) atoms. The number of likely N-dealkylation sites (N-methyl/N-ethyl adjacent to an activating group) is 1. The highest BCUT2D eigenvalue weighted by Gasteiger charge is 2.35. The summed E-state index contributed by atoms with van der Waals surface area (Å²) in [6, 6.07) is 8.85. The summed E-state index contributed by atoms with van der Waals surface area (Å²) in [6.45, 7) is 17.5. The van der Waals surface area contributed by atoms with Crippen LogP contribution in [0.3, 0.4) is 0 Å². The third kappa shape index (κ3) is 4.59. The molecule has 2 atom stereocenters. The highest BCUT2D eigenvalue weighted by Crippen LogP contribution is 2.35. The van der Waals surface area contributed by atoms with E-state index >= 15 is 0 Å². The molecule has 0 spiro atoms. The number of rotatable bonds is 4. The van der Waals surface area contributed by atoms with Crippen molar-refractivity contribution >= 4 is 5.69 Å². The lowest BCUT2D eigenvalue weighted by atomic mass is 9.73. The summed E-state index contributed by atoms with van der Waals surface area (Å²) in [5.41, 5.74) is 2.97. The lowest BCUT2D eigenvalue weighted by Crippen LogP contribution is -2.48. The van der Waals surface area contributed by atoms with Gasteiger partial charge in [0.1, 0.15) is 0 Å². The smallest absolute Gasteiger partial charge is 0.0700 e. The minimum Gasteiger partial charge on any atom is -0.391 e. The molecule has 146 valence electrons. The van der Waals surface area contributed by atoms with Gasteiger partial charge in [-0.3, -0.25) is 4.90 Å². The third-order valence-corrected chi connectivity index (χ3v) is 6.32. The normalized spacial score (nSPS) is 26.3. The fourth-order valence-electron chi connectivity index (χ4n) is 4.65. The van der Waals surface area contributed by atoms with Crippen molar-refractivity contribution in [3.05, 3.63) is 29.8 Å². The van der Waals surface area contributed by atoms with E-state index in [1.165, 1.54) is 11.3 Å². The Bertz CT molecular complexity index is 575. The van der Waals surface area contributed by atoms with Crippen LogP contribution in [-0.2, 0) is 6.54 Å². The van der Waals surface area contributed by atoms with Crippen LogP contribution in [0.25, 0.3) is 0 Å². The summed E-state index contributed by atoms with van der Waals surface area (Å²) in [4.78, 5) is 7.50. The number of nitrogens with zero attached hydrogens (tertiary/aromatic N) is 3. The quantitative estimate of drug-likeness (QED) is 0.895. The first-order valence-electron chi connectivity index (χ1n) is 10.3. The minimum atomic E-state index is -0.219. The first-order valence-corrected chi connectivity index (χ1v) is 10.3. The predicted molar refractivity (Wildman–Crippen MR) is 110 cm³/mol. The van der Waals surface area contributed by atoms with Gasteiger partial charge in [-0.25, -0.2) is 0 Å². The number of β-amino-alcohol motifs (C(OH)–C–C–N with tert-alkyl or cyclic N) is 1. The van der Waals surface area contributed by atoms with Gasteiger partial charge in [0.2, 0.25) is 0 Å². The fourth-order valence-corrected chi connectivity index (χ4v) is 4.65. The Morgan fingerprint density at radius 3 is 2.31 bits per heavy atom. The molecule has 0 radical (unpaired) electrons. The number of piperidine rings is 1. The van der Waals surface area contributed by atoms with Gasteiger partial charge in [0.25, 0.3) is 0 Å². The molecule has 2 aliphatic heterocycles. The molecular weight excluding hydrogens is 322 g/mol. The maximum absolute atomic E-state index is 10.7. The Kier molecular flexibility index (Phi) is 6.26. The van der Waals surface area contributed by atoms with Crippen molar-refractivity contribution < 1.29 is 5.11 Å². The van der Waals surface area contributed by atoms with Gasteiger partial charge in [-0.15, -0.1) is 0 Å². The maximum Gasteiger partial charge on any atom is 0.0700 e. The second kappa shape index (κ2) is 8.28. The number of hydrogen-bond acceptors (Lipinski definition) is 4. The molecule has 0 saturated carbocycles. The first-order chi connectivity index (χ1) is 12.4. The van der Waals surface area contributed by atoms with E-state index in [4.69, 9.17) is 0 Å². The number of likely N-dealkylation sites (tertiary alicyclic amines) is 1. The van der Waals surface area contributed by atoms with Crippen molar-refractivity contribution in [3.8, 4) is 0 Å². The standard InChI is InChI=1S/C22H37N3O/c1-5-23-12-14-25(15-13-23)20-9-7-6-8-18(20)16-24-11-10-19(21(26)17-24)22(2,3)4/h6-9,19,21,26H,5,10-17H2,1-4H3/t19-,21-/m1/s1. The van der Waals surface area contributed by atoms with Gasteiger partial charge in [0, 0.05) is 45.0 Å². The summed E-state index contributed by atoms with van der Waals surface area (Å²) in [6.07, 6.45) is 0.867. The topological polar surface area (TPSA) is 30.0 Å². The monoisotopic (exact) mass is 359 g/mol. The van der Waals surface area contributed by atoms with Gasteiger partial charge < -0.3 is 14.9 Å². The molecule has 2 aliphatic rings. The SMILES string of the molecule is CCN1CCN(c2ccccc2CN2CC[C@@H](C(C)(C)C)[C@H](O)C2)CC1. The first kappa shape index (κ1) is 19.7. The van der Waals surface area contributed by atoms with Crippen LogP contribution in [0, 0.1) is 11.3 Å². The molecule has 2 fully saturated rings. The average molecular weight is 360 g/mol. The molecule has 3 rings (SSSR count). The highest BCUT2D eigenvalue weighted by molar-refractivity contribution is 5.54. The lowest BCUT2D eigenvalue weighted by molar-refractivity contribution is -0.0264. The zero-order valence-corrected chi connectivity index (χ0v) is 17.1. The fraction of sp³-hybridized carbons (Fsp3) is 0.727. The van der Waals surface area contributed by atoms with Crippen LogP contribution in [-0.4, -0.2) is 66.8 Å². The average Bonchev–Trinajstić information content (AvgIpc) is 2.61. The molecule has 2 heterocycles. The number of aliphatic hydroxyl groups is 1. The van der Waals surface area contributed by atoms with Crippen molar-refractivity contribution in [2.45, 2.75) is 46.8 Å². The van der Waals surface area contributed by atoms with Crippen molar-refractivity contribution in [2.75, 3.05) is 50.7 Å². The number of anilines is 1. The number of para-hydroxylation sites is 1. The van der Waals surface area contributed by atoms with Crippen LogP contribution in [0.5, 0.6) is 0 Å². The van der Waals surface area contributed by atoms with E-state index in [9.17, 15) is 5.11 Å². The van der Waals surface area contributed by atoms with Crippen LogP contribution in [0.4, 0.5) is 5.69 Å². The van der Waals surface area contributed by atoms with Gasteiger partial charge in [-0.2, -0.15) is 0 Å². The molecule has 1 aromatic rings. The van der Waals surface area contributed by atoms with Gasteiger partial charge in [0.15, 0.2) is 0 Å². The Hall–Kier alpha value is -1.10. The summed E-state index contributed by atoms with van der Waals surface area (Å²) >= 11 is 0. The second-order valence-corrected chi connectivity index (χ2v) is 9.11. The maximum atomic E-state index is 10.7. The van der Waals surface area contributed by atoms with E-state index < -0.39 is 0 Å². The minimum absolute atomic E-state index is 0.183. The van der Waals surface area contributed by atoms with Crippen molar-refractivity contribution in [2.24, 2.45) is 11.3 Å². The Morgan fingerprint density at radius 2 is 1.69 bits per heavy atom. The molecule has 0 bridgehead atoms. The van der Waals surface area contributed by atoms with Crippen molar-refractivity contribution in [1.29, 1.82) is 0 Å². The summed E-state index contributed by atoms with van der Waals surface area (Å²) in [5.74, 6) is 0.399. The molecule has 1 aromatic carbocycles. The molecule has 4 heteroatoms. The third-order valence-electron chi connectivity index (χ3n) is 6.32. The molecule has 0 aliphatic carbocycles. The summed E-state index contributed by atoms with van der Waals surface area (Å²) in [5, 5.41) is 10.7. The molecular formula is C22H37N3O. The number of piperazine rings is 1. The van der Waals surface area contributed by atoms with Gasteiger partial charge in [0.05, 0.1) is 6.10 Å². The number of benzene rings is 1. The summed E-state index contributed by atoms with van der Waals surface area (Å²) < 4.78 is 0. The summed E-state index contributed by atoms with van der Waals surface area (Å²) in [7, 11) is 0. The van der Waals surface area contributed by atoms with Crippen LogP contribution >= 0.6 is 0 Å². The van der Waals surface area contributed by atoms with Gasteiger partial charge in [-0.05, 0) is 42.5 Å². The number of aliphatic hydroxyl groups excluding tert-OH is 1. The van der Waals surface area contributed by atoms with E-state index in [0.29, 0.717) is 5.92 Å². The van der Waals surface area contributed by atoms with E-state index in [1.54, 1.807) is 0 Å². The van der Waals surface area contributed by atoms with Crippen LogP contribution < -0.4 is 4.90 Å². The van der Waals surface area contributed by atoms with Crippen molar-refractivity contribution in [3.63, 3.8) is 0 Å². The molecule has 1 N–H and O–H groups in total. The Morgan fingerprint density at radius 1 is 1.00 bits per heavy atom. The second-order valence-electron chi connectivity index (χ2n) is 9.11. The van der Waals surface area contributed by atoms with E-state index in [1.807, 2.05) is 0 Å².